The van der Waals surface area contributed by atoms with Gasteiger partial charge >= 0.3 is 5.97 Å². The van der Waals surface area contributed by atoms with Crippen LogP contribution in [0.2, 0.25) is 4.34 Å². The molecule has 90 valence electrons. The lowest BCUT2D eigenvalue weighted by molar-refractivity contribution is -0.137. The van der Waals surface area contributed by atoms with Crippen molar-refractivity contribution < 1.29 is 18.7 Å². The van der Waals surface area contributed by atoms with Crippen molar-refractivity contribution in [2.75, 3.05) is 0 Å². The van der Waals surface area contributed by atoms with Crippen LogP contribution in [0.5, 0.6) is 0 Å². The summed E-state index contributed by atoms with van der Waals surface area (Å²) in [5.74, 6) is -4.09. The van der Waals surface area contributed by atoms with Gasteiger partial charge in [-0.3, -0.25) is 4.79 Å². The van der Waals surface area contributed by atoms with Gasteiger partial charge in [0.05, 0.1) is 4.88 Å². The Bertz CT molecular complexity index is 375. The number of carboxylic acids is 1. The van der Waals surface area contributed by atoms with Crippen LogP contribution in [-0.2, 0) is 10.7 Å². The van der Waals surface area contributed by atoms with Gasteiger partial charge < -0.3 is 5.11 Å². The molecule has 0 fully saturated rings. The molecule has 0 aliphatic heterocycles. The van der Waals surface area contributed by atoms with E-state index >= 15 is 0 Å². The molecule has 2 nitrogen and oxygen atoms in total. The van der Waals surface area contributed by atoms with Crippen LogP contribution in [0.15, 0.2) is 10.5 Å². The third-order valence-corrected chi connectivity index (χ3v) is 4.47. The molecule has 1 rings (SSSR count). The molecule has 1 aromatic rings. The number of aliphatic carboxylic acids is 1. The molecule has 0 aromatic carbocycles. The molecule has 0 atom stereocenters. The zero-order chi connectivity index (χ0) is 12.3. The van der Waals surface area contributed by atoms with Gasteiger partial charge in [0.1, 0.15) is 4.34 Å². The largest absolute Gasteiger partial charge is 0.481 e. The van der Waals surface area contributed by atoms with Gasteiger partial charge in [-0.15, -0.1) is 11.3 Å². The molecule has 0 spiro atoms. The highest BCUT2D eigenvalue weighted by Gasteiger charge is 2.33. The summed E-state index contributed by atoms with van der Waals surface area (Å²) in [4.78, 5) is 10.1. The van der Waals surface area contributed by atoms with Gasteiger partial charge in [0, 0.05) is 17.3 Å². The smallest absolute Gasteiger partial charge is 0.303 e. The van der Waals surface area contributed by atoms with Crippen molar-refractivity contribution in [3.8, 4) is 0 Å². The maximum Gasteiger partial charge on any atom is 0.303 e. The van der Waals surface area contributed by atoms with Crippen LogP contribution >= 0.6 is 38.9 Å². The maximum atomic E-state index is 13.5. The molecule has 0 bridgehead atoms. The summed E-state index contributed by atoms with van der Waals surface area (Å²) in [5.41, 5.74) is 0. The normalized spacial score (nSPS) is 11.8. The van der Waals surface area contributed by atoms with E-state index < -0.39 is 18.3 Å². The van der Waals surface area contributed by atoms with Crippen molar-refractivity contribution in [1.29, 1.82) is 0 Å². The van der Waals surface area contributed by atoms with E-state index in [9.17, 15) is 13.6 Å². The molecule has 0 unspecified atom stereocenters. The Balaban J connectivity index is 2.66. The van der Waals surface area contributed by atoms with E-state index in [-0.39, 0.29) is 22.1 Å². The summed E-state index contributed by atoms with van der Waals surface area (Å²) in [6.45, 7) is 0. The lowest BCUT2D eigenvalue weighted by Crippen LogP contribution is -2.12. The Labute approximate surface area is 108 Å². The summed E-state index contributed by atoms with van der Waals surface area (Å²) in [7, 11) is 0. The van der Waals surface area contributed by atoms with Gasteiger partial charge in [-0.25, -0.2) is 8.78 Å². The molecular weight excluding hydrogens is 326 g/mol. The predicted molar refractivity (Wildman–Crippen MR) is 62.4 cm³/mol. The zero-order valence-corrected chi connectivity index (χ0v) is 11.1. The van der Waals surface area contributed by atoms with Crippen LogP contribution in [0.1, 0.15) is 24.1 Å². The molecule has 0 aliphatic carbocycles. The Morgan fingerprint density at radius 3 is 2.69 bits per heavy atom. The second-order valence-corrected chi connectivity index (χ2v) is 5.69. The van der Waals surface area contributed by atoms with E-state index in [1.54, 1.807) is 0 Å². The van der Waals surface area contributed by atoms with E-state index in [4.69, 9.17) is 16.7 Å². The predicted octanol–water partition coefficient (Wildman–Crippen LogP) is 4.51. The van der Waals surface area contributed by atoms with Crippen molar-refractivity contribution >= 4 is 44.8 Å². The molecule has 1 heterocycles. The van der Waals surface area contributed by atoms with Crippen LogP contribution in [0.4, 0.5) is 8.78 Å². The minimum atomic E-state index is -3.02. The van der Waals surface area contributed by atoms with Crippen molar-refractivity contribution in [2.45, 2.75) is 25.2 Å². The second kappa shape index (κ2) is 5.42. The number of carbonyl (C=O) groups is 1. The summed E-state index contributed by atoms with van der Waals surface area (Å²) in [6.07, 6.45) is -0.798. The van der Waals surface area contributed by atoms with E-state index in [2.05, 4.69) is 15.9 Å². The topological polar surface area (TPSA) is 37.3 Å². The van der Waals surface area contributed by atoms with E-state index in [0.29, 0.717) is 4.47 Å². The molecule has 0 radical (unpaired) electrons. The summed E-state index contributed by atoms with van der Waals surface area (Å²) in [6, 6.07) is 1.27. The summed E-state index contributed by atoms with van der Waals surface area (Å²) < 4.78 is 27.8. The second-order valence-electron chi connectivity index (χ2n) is 3.18. The number of rotatable bonds is 5. The highest BCUT2D eigenvalue weighted by Crippen LogP contribution is 2.42. The number of carboxylic acid groups (broad SMARTS) is 1. The van der Waals surface area contributed by atoms with E-state index in [0.717, 1.165) is 11.3 Å². The molecule has 1 aromatic heterocycles. The van der Waals surface area contributed by atoms with Crippen LogP contribution in [0.25, 0.3) is 0 Å². The Hall–Kier alpha value is -0.200. The van der Waals surface area contributed by atoms with Crippen LogP contribution in [0, 0.1) is 0 Å². The first kappa shape index (κ1) is 13.9. The standard InChI is InChI=1S/C9H8BrClF2O2S/c10-5-4-6(16-8(5)11)9(12,13)3-1-2-7(14)15/h4H,1-3H2,(H,14,15). The highest BCUT2D eigenvalue weighted by atomic mass is 79.9. The van der Waals surface area contributed by atoms with Crippen LogP contribution in [0.3, 0.4) is 0 Å². The highest BCUT2D eigenvalue weighted by molar-refractivity contribution is 9.10. The molecule has 16 heavy (non-hydrogen) atoms. The monoisotopic (exact) mass is 332 g/mol. The summed E-state index contributed by atoms with van der Waals surface area (Å²) >= 11 is 9.52. The molecular formula is C9H8BrClF2O2S. The first-order chi connectivity index (χ1) is 7.33. The minimum absolute atomic E-state index is 0.0600. The van der Waals surface area contributed by atoms with Gasteiger partial charge in [0.15, 0.2) is 0 Å². The Morgan fingerprint density at radius 1 is 1.62 bits per heavy atom. The molecule has 0 saturated heterocycles. The number of alkyl halides is 2. The van der Waals surface area contributed by atoms with Crippen molar-refractivity contribution in [1.82, 2.24) is 0 Å². The average molecular weight is 334 g/mol. The van der Waals surface area contributed by atoms with Gasteiger partial charge in [0.25, 0.3) is 5.92 Å². The van der Waals surface area contributed by atoms with Crippen LogP contribution < -0.4 is 0 Å². The third kappa shape index (κ3) is 3.68. The maximum absolute atomic E-state index is 13.5. The number of hydrogen-bond donors (Lipinski definition) is 1. The van der Waals surface area contributed by atoms with Gasteiger partial charge in [-0.1, -0.05) is 11.6 Å². The molecule has 0 amide bonds. The summed E-state index contributed by atoms with van der Waals surface area (Å²) in [5, 5.41) is 8.36. The zero-order valence-electron chi connectivity index (χ0n) is 7.97. The first-order valence-corrected chi connectivity index (χ1v) is 6.36. The molecule has 7 heteroatoms. The lowest BCUT2D eigenvalue weighted by atomic mass is 10.1. The first-order valence-electron chi connectivity index (χ1n) is 4.38. The average Bonchev–Trinajstić information content (AvgIpc) is 2.46. The third-order valence-electron chi connectivity index (χ3n) is 1.89. The molecule has 0 saturated carbocycles. The quantitative estimate of drug-likeness (QED) is 0.860. The lowest BCUT2D eigenvalue weighted by Gasteiger charge is -2.13. The fourth-order valence-corrected chi connectivity index (χ4v) is 2.82. The SMILES string of the molecule is O=C(O)CCCC(F)(F)c1cc(Br)c(Cl)s1. The Kier molecular flexibility index (Phi) is 4.70. The fraction of sp³-hybridized carbons (Fsp3) is 0.444. The minimum Gasteiger partial charge on any atom is -0.481 e. The van der Waals surface area contributed by atoms with Gasteiger partial charge in [0.2, 0.25) is 0 Å². The van der Waals surface area contributed by atoms with Gasteiger partial charge in [-0.05, 0) is 28.4 Å². The van der Waals surface area contributed by atoms with Gasteiger partial charge in [-0.2, -0.15) is 0 Å². The Morgan fingerprint density at radius 2 is 2.25 bits per heavy atom. The van der Waals surface area contributed by atoms with Crippen molar-refractivity contribution in [2.24, 2.45) is 0 Å². The fourth-order valence-electron chi connectivity index (χ4n) is 1.11. The number of hydrogen-bond acceptors (Lipinski definition) is 2. The van der Waals surface area contributed by atoms with E-state index in [1.165, 1.54) is 6.07 Å². The van der Waals surface area contributed by atoms with E-state index in [1.807, 2.05) is 0 Å². The number of thiophene rings is 1. The van der Waals surface area contributed by atoms with Crippen LogP contribution in [-0.4, -0.2) is 11.1 Å². The van der Waals surface area contributed by atoms with Crippen molar-refractivity contribution in [3.63, 3.8) is 0 Å². The molecule has 1 N–H and O–H groups in total. The number of halogens is 4. The molecule has 0 aliphatic rings. The van der Waals surface area contributed by atoms with Crippen molar-refractivity contribution in [3.05, 3.63) is 19.8 Å².